The largest absolute Gasteiger partial charge is 1.00 e. The smallest absolute Gasteiger partial charge is 0.421 e. The fourth-order valence-electron chi connectivity index (χ4n) is 5.25. The van der Waals surface area contributed by atoms with E-state index in [0.29, 0.717) is 13.1 Å². The second-order valence-electron chi connectivity index (χ2n) is 11.8. The number of ether oxygens (including phenoxy) is 4. The van der Waals surface area contributed by atoms with Crippen LogP contribution in [-0.2, 0) is 36.8 Å². The molecule has 1 aliphatic heterocycles. The molecule has 2 atom stereocenters. The summed E-state index contributed by atoms with van der Waals surface area (Å²) in [5, 5.41) is 0. The van der Waals surface area contributed by atoms with Gasteiger partial charge in [0.05, 0.1) is 6.61 Å². The van der Waals surface area contributed by atoms with Crippen LogP contribution in [0.3, 0.4) is 0 Å². The molecule has 2 unspecified atom stereocenters. The van der Waals surface area contributed by atoms with Crippen LogP contribution in [0.5, 0.6) is 0 Å². The minimum atomic E-state index is -0.806. The first-order chi connectivity index (χ1) is 21.9. The molecule has 0 spiro atoms. The molecular formula is C34H59IN4O7. The monoisotopic (exact) mass is 762 g/mol. The fourth-order valence-corrected chi connectivity index (χ4v) is 5.25. The molecule has 0 aromatic carbocycles. The molecule has 2 rings (SSSR count). The molecule has 0 bridgehead atoms. The molecule has 3 amide bonds. The summed E-state index contributed by atoms with van der Waals surface area (Å²) in [4.78, 5) is 37.8. The van der Waals surface area contributed by atoms with Crippen LogP contribution in [-0.4, -0.2) is 61.8 Å². The van der Waals surface area contributed by atoms with Gasteiger partial charge in [-0.15, -0.1) is 0 Å². The van der Waals surface area contributed by atoms with Crippen molar-refractivity contribution in [1.29, 1.82) is 0 Å². The van der Waals surface area contributed by atoms with Crippen LogP contribution < -0.4 is 39.4 Å². The van der Waals surface area contributed by atoms with Crippen molar-refractivity contribution in [3.63, 3.8) is 0 Å². The average molecular weight is 763 g/mol. The summed E-state index contributed by atoms with van der Waals surface area (Å²) in [5.74, 6) is -0.426. The summed E-state index contributed by atoms with van der Waals surface area (Å²) in [7, 11) is 0. The molecular weight excluding hydrogens is 703 g/mol. The Morgan fingerprint density at radius 2 is 1.48 bits per heavy atom. The molecule has 1 aliphatic rings. The van der Waals surface area contributed by atoms with Gasteiger partial charge in [-0.3, -0.25) is 10.2 Å². The Kier molecular flexibility index (Phi) is 24.6. The molecule has 0 saturated carbocycles. The van der Waals surface area contributed by atoms with Crippen LogP contribution in [0.4, 0.5) is 9.59 Å². The number of aromatic nitrogens is 1. The van der Waals surface area contributed by atoms with Gasteiger partial charge in [0.15, 0.2) is 12.5 Å². The Labute approximate surface area is 293 Å². The minimum Gasteiger partial charge on any atom is -1.00 e. The van der Waals surface area contributed by atoms with Crippen molar-refractivity contribution in [3.05, 3.63) is 30.1 Å². The van der Waals surface area contributed by atoms with Crippen LogP contribution in [0.2, 0.25) is 0 Å². The normalized spacial score (nSPS) is 15.6. The van der Waals surface area contributed by atoms with Crippen LogP contribution in [0, 0.1) is 0 Å². The highest BCUT2D eigenvalue weighted by molar-refractivity contribution is 5.90. The summed E-state index contributed by atoms with van der Waals surface area (Å²) in [6, 6.07) is 5.60. The van der Waals surface area contributed by atoms with Gasteiger partial charge in [0.2, 0.25) is 11.6 Å². The summed E-state index contributed by atoms with van der Waals surface area (Å²) in [6.45, 7) is 7.06. The molecule has 11 nitrogen and oxygen atoms in total. The van der Waals surface area contributed by atoms with Crippen molar-refractivity contribution in [3.8, 4) is 0 Å². The van der Waals surface area contributed by atoms with Crippen molar-refractivity contribution >= 4 is 18.1 Å². The summed E-state index contributed by atoms with van der Waals surface area (Å²) in [6.07, 6.45) is 19.0. The zero-order valence-electron chi connectivity index (χ0n) is 28.4. The highest BCUT2D eigenvalue weighted by atomic mass is 127. The topological polar surface area (TPSA) is 119 Å². The van der Waals surface area contributed by atoms with Crippen molar-refractivity contribution in [2.75, 3.05) is 26.4 Å². The molecule has 2 heterocycles. The average Bonchev–Trinajstić information content (AvgIpc) is 3.50. The number of pyridine rings is 1. The zero-order valence-corrected chi connectivity index (χ0v) is 30.6. The highest BCUT2D eigenvalue weighted by Gasteiger charge is 2.30. The lowest BCUT2D eigenvalue weighted by atomic mass is 10.0. The van der Waals surface area contributed by atoms with Crippen molar-refractivity contribution < 1.29 is 61.9 Å². The summed E-state index contributed by atoms with van der Waals surface area (Å²) < 4.78 is 23.6. The number of imide groups is 1. The van der Waals surface area contributed by atoms with Crippen LogP contribution in [0.1, 0.15) is 123 Å². The number of nitrogens with one attached hydrogen (secondary N) is 2. The van der Waals surface area contributed by atoms with Crippen LogP contribution in [0.25, 0.3) is 0 Å². The molecule has 1 aromatic heterocycles. The molecule has 1 saturated heterocycles. The first-order valence-electron chi connectivity index (χ1n) is 17.3. The van der Waals surface area contributed by atoms with Crippen molar-refractivity contribution in [2.45, 2.75) is 143 Å². The lowest BCUT2D eigenvalue weighted by Gasteiger charge is -2.19. The number of hydrazine groups is 1. The van der Waals surface area contributed by atoms with E-state index in [0.717, 1.165) is 23.4 Å². The molecule has 2 N–H and O–H groups in total. The third-order valence-electron chi connectivity index (χ3n) is 7.95. The maximum absolute atomic E-state index is 12.6. The second kappa shape index (κ2) is 27.0. The van der Waals surface area contributed by atoms with E-state index in [9.17, 15) is 14.4 Å². The zero-order chi connectivity index (χ0) is 32.5. The number of carbonyl (C=O) groups is 3. The van der Waals surface area contributed by atoms with Gasteiger partial charge in [-0.05, 0) is 13.3 Å². The van der Waals surface area contributed by atoms with Gasteiger partial charge in [-0.2, -0.15) is 0 Å². The van der Waals surface area contributed by atoms with Gasteiger partial charge in [0, 0.05) is 25.6 Å². The number of rotatable bonds is 24. The molecule has 0 radical (unpaired) electrons. The van der Waals surface area contributed by atoms with E-state index in [-0.39, 0.29) is 50.3 Å². The first kappa shape index (κ1) is 42.0. The SMILES string of the molecule is CCCCCCCCCCCCCCCCCNNC(=O)OCC1COC(COC(=O)N(Cc2cccc[n+]2CC)C(C)=O)O1.[I-]. The lowest BCUT2D eigenvalue weighted by Crippen LogP contribution is -3.00. The predicted octanol–water partition coefficient (Wildman–Crippen LogP) is 3.33. The van der Waals surface area contributed by atoms with Gasteiger partial charge in [0.1, 0.15) is 32.4 Å². The number of aryl methyl sites for hydroxylation is 1. The molecule has 264 valence electrons. The van der Waals surface area contributed by atoms with Crippen LogP contribution >= 0.6 is 0 Å². The van der Waals surface area contributed by atoms with E-state index < -0.39 is 30.5 Å². The Hall–Kier alpha value is -2.03. The van der Waals surface area contributed by atoms with Gasteiger partial charge < -0.3 is 42.9 Å². The molecule has 46 heavy (non-hydrogen) atoms. The maximum Gasteiger partial charge on any atom is 0.421 e. The van der Waals surface area contributed by atoms with Crippen molar-refractivity contribution in [1.82, 2.24) is 15.8 Å². The second-order valence-corrected chi connectivity index (χ2v) is 11.8. The Morgan fingerprint density at radius 3 is 2.07 bits per heavy atom. The number of hydrogen-bond acceptors (Lipinski definition) is 8. The summed E-state index contributed by atoms with van der Waals surface area (Å²) >= 11 is 0. The molecule has 1 aromatic rings. The molecule has 0 aliphatic carbocycles. The van der Waals surface area contributed by atoms with E-state index >= 15 is 0 Å². The highest BCUT2D eigenvalue weighted by Crippen LogP contribution is 2.15. The fraction of sp³-hybridized carbons (Fsp3) is 0.765. The van der Waals surface area contributed by atoms with E-state index in [1.54, 1.807) is 0 Å². The van der Waals surface area contributed by atoms with E-state index in [1.807, 2.05) is 35.9 Å². The number of amides is 3. The minimum absolute atomic E-state index is 0. The van der Waals surface area contributed by atoms with Crippen LogP contribution in [0.15, 0.2) is 24.4 Å². The Balaban J connectivity index is 0.0000106. The number of nitrogens with zero attached hydrogens (tertiary/aromatic N) is 2. The Morgan fingerprint density at radius 1 is 0.870 bits per heavy atom. The van der Waals surface area contributed by atoms with Crippen molar-refractivity contribution in [2.24, 2.45) is 0 Å². The maximum atomic E-state index is 12.6. The lowest BCUT2D eigenvalue weighted by molar-refractivity contribution is -0.701. The number of halogens is 1. The molecule has 1 fully saturated rings. The number of hydrogen-bond donors (Lipinski definition) is 2. The number of carbonyl (C=O) groups excluding carboxylic acids is 3. The van der Waals surface area contributed by atoms with E-state index in [4.69, 9.17) is 18.9 Å². The quantitative estimate of drug-likeness (QED) is 0.0714. The van der Waals surface area contributed by atoms with E-state index in [1.165, 1.54) is 90.4 Å². The third kappa shape index (κ3) is 19.0. The predicted molar refractivity (Wildman–Crippen MR) is 172 cm³/mol. The van der Waals surface area contributed by atoms with Gasteiger partial charge >= 0.3 is 12.2 Å². The van der Waals surface area contributed by atoms with Gasteiger partial charge in [0.25, 0.3) is 0 Å². The van der Waals surface area contributed by atoms with Gasteiger partial charge in [-0.25, -0.2) is 24.5 Å². The third-order valence-corrected chi connectivity index (χ3v) is 7.95. The van der Waals surface area contributed by atoms with E-state index in [2.05, 4.69) is 17.8 Å². The standard InChI is InChI=1S/C34H58N4O7.HI/c1-4-6-7-8-9-10-11-12-13-14-15-16-17-18-20-23-35-36-33(40)43-27-31-26-42-32(45-31)28-44-34(41)38(29(3)39)25-30-22-19-21-24-37(30)5-2;/h19,21-22,24,31-32,35H,4-18,20,23,25-28H2,1-3H3;1H. The van der Waals surface area contributed by atoms with Gasteiger partial charge in [-0.1, -0.05) is 103 Å². The molecule has 12 heteroatoms. The first-order valence-corrected chi connectivity index (χ1v) is 17.3. The number of unbranched alkanes of at least 4 members (excludes halogenated alkanes) is 14. The summed E-state index contributed by atoms with van der Waals surface area (Å²) in [5.41, 5.74) is 6.25. The Bertz CT molecular complexity index is 971.